The molecule has 0 bridgehead atoms. The number of nitrogens with one attached hydrogen (secondary N) is 2. The number of nitrogens with zero attached hydrogens (tertiary/aromatic N) is 4. The maximum atomic E-state index is 5.42. The van der Waals surface area contributed by atoms with Crippen molar-refractivity contribution in [1.29, 1.82) is 0 Å². The Morgan fingerprint density at radius 3 is 2.58 bits per heavy atom. The predicted octanol–water partition coefficient (Wildman–Crippen LogP) is 5.38. The predicted molar refractivity (Wildman–Crippen MR) is 122 cm³/mol. The van der Waals surface area contributed by atoms with Crippen LogP contribution in [0.25, 0.3) is 16.7 Å². The largest absolute Gasteiger partial charge is 0.467 e. The molecule has 5 aromatic rings. The highest BCUT2D eigenvalue weighted by atomic mass is 16.3. The average Bonchev–Trinajstić information content (AvgIpc) is 3.45. The second kappa shape index (κ2) is 7.95. The van der Waals surface area contributed by atoms with E-state index in [0.717, 1.165) is 28.2 Å². The monoisotopic (exact) mass is 410 g/mol. The molecule has 0 saturated heterocycles. The molecule has 7 heteroatoms. The molecule has 0 radical (unpaired) electrons. The molecule has 2 aromatic carbocycles. The van der Waals surface area contributed by atoms with Crippen LogP contribution in [-0.2, 0) is 6.54 Å². The van der Waals surface area contributed by atoms with Gasteiger partial charge in [-0.25, -0.2) is 4.68 Å². The standard InChI is InChI=1S/C24H22N6O/c1-16-10-11-18(13-17(16)2)27-22-21-15-26-30(19-7-4-3-5-8-19)23(21)29-24(28-22)25-14-20-9-6-12-31-20/h3-13,15H,14H2,1-2H3,(H2,25,27,28,29). The van der Waals surface area contributed by atoms with Crippen molar-refractivity contribution in [3.63, 3.8) is 0 Å². The second-order valence-corrected chi connectivity index (χ2v) is 7.38. The lowest BCUT2D eigenvalue weighted by atomic mass is 10.1. The Labute approximate surface area is 179 Å². The number of anilines is 3. The molecule has 0 spiro atoms. The zero-order valence-electron chi connectivity index (χ0n) is 17.3. The van der Waals surface area contributed by atoms with Crippen LogP contribution in [0, 0.1) is 13.8 Å². The topological polar surface area (TPSA) is 80.8 Å². The summed E-state index contributed by atoms with van der Waals surface area (Å²) in [6.07, 6.45) is 3.44. The summed E-state index contributed by atoms with van der Waals surface area (Å²) in [6, 6.07) is 20.0. The van der Waals surface area contributed by atoms with Crippen molar-refractivity contribution in [2.24, 2.45) is 0 Å². The number of furan rings is 1. The van der Waals surface area contributed by atoms with Crippen LogP contribution in [0.5, 0.6) is 0 Å². The summed E-state index contributed by atoms with van der Waals surface area (Å²) in [7, 11) is 0. The number of hydrogen-bond donors (Lipinski definition) is 2. The van der Waals surface area contributed by atoms with Gasteiger partial charge in [-0.05, 0) is 61.4 Å². The lowest BCUT2D eigenvalue weighted by Gasteiger charge is -2.12. The summed E-state index contributed by atoms with van der Waals surface area (Å²) in [6.45, 7) is 4.68. The fourth-order valence-corrected chi connectivity index (χ4v) is 3.38. The first-order chi connectivity index (χ1) is 15.2. The van der Waals surface area contributed by atoms with Gasteiger partial charge in [0.2, 0.25) is 5.95 Å². The fourth-order valence-electron chi connectivity index (χ4n) is 3.38. The highest BCUT2D eigenvalue weighted by molar-refractivity contribution is 5.90. The van der Waals surface area contributed by atoms with Crippen LogP contribution in [0.4, 0.5) is 17.5 Å². The van der Waals surface area contributed by atoms with E-state index in [0.29, 0.717) is 18.3 Å². The summed E-state index contributed by atoms with van der Waals surface area (Å²) in [5.41, 5.74) is 5.08. The van der Waals surface area contributed by atoms with E-state index in [4.69, 9.17) is 14.4 Å². The van der Waals surface area contributed by atoms with Gasteiger partial charge in [0.1, 0.15) is 11.6 Å². The summed E-state index contributed by atoms with van der Waals surface area (Å²) in [4.78, 5) is 9.47. The molecule has 31 heavy (non-hydrogen) atoms. The van der Waals surface area contributed by atoms with Crippen LogP contribution in [-0.4, -0.2) is 19.7 Å². The van der Waals surface area contributed by atoms with Crippen molar-refractivity contribution in [2.75, 3.05) is 10.6 Å². The fraction of sp³-hybridized carbons (Fsp3) is 0.125. The summed E-state index contributed by atoms with van der Waals surface area (Å²) in [5, 5.41) is 12.1. The molecular formula is C24H22N6O. The van der Waals surface area contributed by atoms with Crippen LogP contribution < -0.4 is 10.6 Å². The van der Waals surface area contributed by atoms with Crippen LogP contribution in [0.3, 0.4) is 0 Å². The molecule has 2 N–H and O–H groups in total. The Morgan fingerprint density at radius 2 is 1.81 bits per heavy atom. The van der Waals surface area contributed by atoms with Gasteiger partial charge in [0.25, 0.3) is 0 Å². The lowest BCUT2D eigenvalue weighted by Crippen LogP contribution is -2.07. The van der Waals surface area contributed by atoms with Crippen LogP contribution in [0.2, 0.25) is 0 Å². The molecule has 3 heterocycles. The third kappa shape index (κ3) is 3.85. The van der Waals surface area contributed by atoms with Crippen molar-refractivity contribution in [2.45, 2.75) is 20.4 Å². The molecule has 154 valence electrons. The van der Waals surface area contributed by atoms with Gasteiger partial charge in [-0.2, -0.15) is 15.1 Å². The maximum Gasteiger partial charge on any atom is 0.227 e. The number of para-hydroxylation sites is 1. The molecule has 0 unspecified atom stereocenters. The first-order valence-electron chi connectivity index (χ1n) is 10.1. The number of hydrogen-bond acceptors (Lipinski definition) is 6. The Balaban J connectivity index is 1.58. The lowest BCUT2D eigenvalue weighted by molar-refractivity contribution is 0.517. The van der Waals surface area contributed by atoms with Crippen LogP contribution in [0.1, 0.15) is 16.9 Å². The van der Waals surface area contributed by atoms with Crippen molar-refractivity contribution < 1.29 is 4.42 Å². The minimum Gasteiger partial charge on any atom is -0.467 e. The second-order valence-electron chi connectivity index (χ2n) is 7.38. The first kappa shape index (κ1) is 18.9. The highest BCUT2D eigenvalue weighted by Gasteiger charge is 2.15. The Morgan fingerprint density at radius 1 is 0.935 bits per heavy atom. The molecule has 7 nitrogen and oxygen atoms in total. The van der Waals surface area contributed by atoms with E-state index in [1.807, 2.05) is 53.2 Å². The molecule has 0 fully saturated rings. The minimum atomic E-state index is 0.487. The van der Waals surface area contributed by atoms with Gasteiger partial charge in [0, 0.05) is 5.69 Å². The van der Waals surface area contributed by atoms with Crippen molar-refractivity contribution in [1.82, 2.24) is 19.7 Å². The molecule has 0 saturated carbocycles. The molecule has 0 aliphatic carbocycles. The van der Waals surface area contributed by atoms with E-state index >= 15 is 0 Å². The van der Waals surface area contributed by atoms with E-state index in [9.17, 15) is 0 Å². The van der Waals surface area contributed by atoms with Gasteiger partial charge in [-0.1, -0.05) is 24.3 Å². The molecule has 0 aliphatic heterocycles. The van der Waals surface area contributed by atoms with Gasteiger partial charge in [0.15, 0.2) is 5.65 Å². The van der Waals surface area contributed by atoms with Crippen LogP contribution in [0.15, 0.2) is 77.5 Å². The molecule has 5 rings (SSSR count). The van der Waals surface area contributed by atoms with Gasteiger partial charge < -0.3 is 15.1 Å². The quantitative estimate of drug-likeness (QED) is 0.391. The van der Waals surface area contributed by atoms with E-state index < -0.39 is 0 Å². The third-order valence-electron chi connectivity index (χ3n) is 5.20. The smallest absolute Gasteiger partial charge is 0.227 e. The highest BCUT2D eigenvalue weighted by Crippen LogP contribution is 2.28. The van der Waals surface area contributed by atoms with Gasteiger partial charge >= 0.3 is 0 Å². The third-order valence-corrected chi connectivity index (χ3v) is 5.20. The average molecular weight is 410 g/mol. The van der Waals surface area contributed by atoms with E-state index in [-0.39, 0.29) is 0 Å². The minimum absolute atomic E-state index is 0.487. The van der Waals surface area contributed by atoms with E-state index in [1.165, 1.54) is 11.1 Å². The number of rotatable bonds is 6. The van der Waals surface area contributed by atoms with Gasteiger partial charge in [0.05, 0.1) is 30.1 Å². The van der Waals surface area contributed by atoms with Crippen molar-refractivity contribution in [3.8, 4) is 5.69 Å². The molecule has 0 atom stereocenters. The SMILES string of the molecule is Cc1ccc(Nc2nc(NCc3ccco3)nc3c2cnn3-c2ccccc2)cc1C. The zero-order chi connectivity index (χ0) is 21.2. The Bertz CT molecular complexity index is 1330. The van der Waals surface area contributed by atoms with E-state index in [1.54, 1.807) is 12.5 Å². The van der Waals surface area contributed by atoms with Crippen LogP contribution >= 0.6 is 0 Å². The molecule has 3 aromatic heterocycles. The summed E-state index contributed by atoms with van der Waals surface area (Å²) < 4.78 is 7.24. The van der Waals surface area contributed by atoms with E-state index in [2.05, 4.69) is 41.7 Å². The normalized spacial score (nSPS) is 11.0. The van der Waals surface area contributed by atoms with Gasteiger partial charge in [-0.15, -0.1) is 0 Å². The summed E-state index contributed by atoms with van der Waals surface area (Å²) in [5.74, 6) is 1.99. The number of fused-ring (bicyclic) bond motifs is 1. The Hall–Kier alpha value is -4.13. The van der Waals surface area contributed by atoms with Gasteiger partial charge in [-0.3, -0.25) is 0 Å². The molecular weight excluding hydrogens is 388 g/mol. The zero-order valence-corrected chi connectivity index (χ0v) is 17.3. The first-order valence-corrected chi connectivity index (χ1v) is 10.1. The number of aromatic nitrogens is 4. The number of aryl methyl sites for hydroxylation is 2. The van der Waals surface area contributed by atoms with Crippen molar-refractivity contribution in [3.05, 3.63) is 90.0 Å². The molecule has 0 amide bonds. The summed E-state index contributed by atoms with van der Waals surface area (Å²) >= 11 is 0. The maximum absolute atomic E-state index is 5.42. The number of benzene rings is 2. The Kier molecular flexibility index (Phi) is 4.84. The molecule has 0 aliphatic rings. The van der Waals surface area contributed by atoms with Crippen molar-refractivity contribution >= 4 is 28.5 Å².